The summed E-state index contributed by atoms with van der Waals surface area (Å²) in [4.78, 5) is 14.6. The van der Waals surface area contributed by atoms with E-state index in [0.717, 1.165) is 38.6 Å². The summed E-state index contributed by atoms with van der Waals surface area (Å²) in [5.41, 5.74) is 5.56. The van der Waals surface area contributed by atoms with Gasteiger partial charge < -0.3 is 16.0 Å². The van der Waals surface area contributed by atoms with Gasteiger partial charge in [-0.15, -0.1) is 24.8 Å². The normalized spacial score (nSPS) is 20.8. The van der Waals surface area contributed by atoms with Crippen LogP contribution in [0.4, 0.5) is 0 Å². The first-order valence-electron chi connectivity index (χ1n) is 8.50. The summed E-state index contributed by atoms with van der Waals surface area (Å²) in [6.07, 6.45) is 11.6. The molecule has 1 saturated carbocycles. The third kappa shape index (κ3) is 7.03. The van der Waals surface area contributed by atoms with Crippen molar-refractivity contribution in [3.63, 3.8) is 0 Å². The summed E-state index contributed by atoms with van der Waals surface area (Å²) < 4.78 is 0. The molecule has 2 fully saturated rings. The van der Waals surface area contributed by atoms with Crippen molar-refractivity contribution in [2.75, 3.05) is 26.2 Å². The fraction of sp³-hybridized carbons (Fsp3) is 0.938. The van der Waals surface area contributed by atoms with Crippen molar-refractivity contribution in [3.8, 4) is 0 Å². The zero-order chi connectivity index (χ0) is 14.3. The number of unbranched alkanes of at least 4 members (excludes halogenated alkanes) is 2. The molecule has 0 unspecified atom stereocenters. The molecule has 6 heteroatoms. The van der Waals surface area contributed by atoms with Crippen molar-refractivity contribution in [2.24, 2.45) is 5.73 Å². The Kier molecular flexibility index (Phi) is 11.5. The molecule has 1 saturated heterocycles. The van der Waals surface area contributed by atoms with Crippen LogP contribution in [0.1, 0.15) is 64.2 Å². The summed E-state index contributed by atoms with van der Waals surface area (Å²) in [6, 6.07) is 0. The van der Waals surface area contributed by atoms with Crippen molar-refractivity contribution in [1.29, 1.82) is 0 Å². The number of halogens is 2. The molecule has 0 aromatic carbocycles. The van der Waals surface area contributed by atoms with Crippen LogP contribution in [-0.2, 0) is 4.79 Å². The molecule has 0 aromatic heterocycles. The summed E-state index contributed by atoms with van der Waals surface area (Å²) in [7, 11) is 0. The number of nitrogens with one attached hydrogen (secondary N) is 1. The molecule has 0 atom stereocenters. The Morgan fingerprint density at radius 2 is 1.59 bits per heavy atom. The summed E-state index contributed by atoms with van der Waals surface area (Å²) in [6.45, 7) is 4.59. The van der Waals surface area contributed by atoms with Crippen LogP contribution in [0.25, 0.3) is 0 Å². The fourth-order valence-electron chi connectivity index (χ4n) is 3.43. The highest BCUT2D eigenvalue weighted by Crippen LogP contribution is 2.27. The Hall–Kier alpha value is -0.0300. The lowest BCUT2D eigenvalue weighted by atomic mass is 9.98. The second-order valence-corrected chi connectivity index (χ2v) is 6.58. The second kappa shape index (κ2) is 11.5. The van der Waals surface area contributed by atoms with E-state index >= 15 is 0 Å². The number of hydrogen-bond donors (Lipinski definition) is 2. The van der Waals surface area contributed by atoms with Crippen LogP contribution in [-0.4, -0.2) is 42.5 Å². The zero-order valence-corrected chi connectivity index (χ0v) is 15.3. The highest BCUT2D eigenvalue weighted by atomic mass is 35.5. The van der Waals surface area contributed by atoms with E-state index in [2.05, 4.69) is 10.2 Å². The molecule has 2 aliphatic rings. The minimum Gasteiger partial charge on any atom is -0.355 e. The first-order chi connectivity index (χ1) is 9.71. The maximum Gasteiger partial charge on any atom is 0.240 e. The highest BCUT2D eigenvalue weighted by Gasteiger charge is 2.36. The van der Waals surface area contributed by atoms with E-state index in [9.17, 15) is 4.79 Å². The van der Waals surface area contributed by atoms with Gasteiger partial charge in [-0.1, -0.05) is 25.7 Å². The SMILES string of the molecule is Cl.Cl.NC1(C(=O)NCCCCCN2CCCCC2)CCCC1. The minimum atomic E-state index is -0.562. The van der Waals surface area contributed by atoms with E-state index in [1.54, 1.807) is 0 Å². The van der Waals surface area contributed by atoms with Gasteiger partial charge in [0.2, 0.25) is 5.91 Å². The van der Waals surface area contributed by atoms with Crippen molar-refractivity contribution in [3.05, 3.63) is 0 Å². The number of rotatable bonds is 7. The Bertz CT molecular complexity index is 304. The molecule has 1 aliphatic carbocycles. The third-order valence-electron chi connectivity index (χ3n) is 4.83. The molecule has 0 spiro atoms. The maximum atomic E-state index is 12.0. The van der Waals surface area contributed by atoms with Gasteiger partial charge in [-0.05, 0) is 58.2 Å². The Morgan fingerprint density at radius 1 is 0.955 bits per heavy atom. The summed E-state index contributed by atoms with van der Waals surface area (Å²) >= 11 is 0. The second-order valence-electron chi connectivity index (χ2n) is 6.58. The van der Waals surface area contributed by atoms with Crippen molar-refractivity contribution >= 4 is 30.7 Å². The molecule has 0 aromatic rings. The quantitative estimate of drug-likeness (QED) is 0.691. The number of nitrogens with two attached hydrogens (primary N) is 1. The molecule has 1 heterocycles. The lowest BCUT2D eigenvalue weighted by Crippen LogP contribution is -2.52. The smallest absolute Gasteiger partial charge is 0.240 e. The molecule has 132 valence electrons. The number of carbonyl (C=O) groups excluding carboxylic acids is 1. The molecular formula is C16H33Cl2N3O. The van der Waals surface area contributed by atoms with E-state index < -0.39 is 5.54 Å². The van der Waals surface area contributed by atoms with Gasteiger partial charge >= 0.3 is 0 Å². The monoisotopic (exact) mass is 353 g/mol. The lowest BCUT2D eigenvalue weighted by molar-refractivity contribution is -0.126. The van der Waals surface area contributed by atoms with E-state index in [1.807, 2.05) is 0 Å². The maximum absolute atomic E-state index is 12.0. The van der Waals surface area contributed by atoms with Gasteiger partial charge in [0.1, 0.15) is 0 Å². The van der Waals surface area contributed by atoms with Crippen LogP contribution in [0.3, 0.4) is 0 Å². The number of likely N-dealkylation sites (tertiary alicyclic amines) is 1. The van der Waals surface area contributed by atoms with Crippen molar-refractivity contribution in [2.45, 2.75) is 69.7 Å². The lowest BCUT2D eigenvalue weighted by Gasteiger charge is -2.26. The van der Waals surface area contributed by atoms with E-state index in [4.69, 9.17) is 5.73 Å². The number of hydrogen-bond acceptors (Lipinski definition) is 3. The number of amides is 1. The van der Waals surface area contributed by atoms with Gasteiger partial charge in [0.25, 0.3) is 0 Å². The Balaban J connectivity index is 0.00000220. The highest BCUT2D eigenvalue weighted by molar-refractivity contribution is 5.86. The molecule has 0 bridgehead atoms. The predicted molar refractivity (Wildman–Crippen MR) is 97.0 cm³/mol. The van der Waals surface area contributed by atoms with Crippen LogP contribution in [0.2, 0.25) is 0 Å². The van der Waals surface area contributed by atoms with Gasteiger partial charge in [-0.2, -0.15) is 0 Å². The van der Waals surface area contributed by atoms with Gasteiger partial charge in [0, 0.05) is 6.54 Å². The standard InChI is InChI=1S/C16H31N3O.2ClH/c17-16(9-3-4-10-16)15(20)18-11-5-1-6-12-19-13-7-2-8-14-19;;/h1-14,17H2,(H,18,20);2*1H. The van der Waals surface area contributed by atoms with E-state index in [1.165, 1.54) is 51.7 Å². The fourth-order valence-corrected chi connectivity index (χ4v) is 3.43. The van der Waals surface area contributed by atoms with Crippen LogP contribution in [0.5, 0.6) is 0 Å². The van der Waals surface area contributed by atoms with Crippen molar-refractivity contribution < 1.29 is 4.79 Å². The van der Waals surface area contributed by atoms with Crippen LogP contribution in [0.15, 0.2) is 0 Å². The van der Waals surface area contributed by atoms with Crippen LogP contribution in [0, 0.1) is 0 Å². The largest absolute Gasteiger partial charge is 0.355 e. The Labute approximate surface area is 147 Å². The number of carbonyl (C=O) groups is 1. The van der Waals surface area contributed by atoms with Gasteiger partial charge in [0.15, 0.2) is 0 Å². The number of nitrogens with zero attached hydrogens (tertiary/aromatic N) is 1. The molecule has 1 amide bonds. The van der Waals surface area contributed by atoms with Crippen LogP contribution < -0.4 is 11.1 Å². The first-order valence-corrected chi connectivity index (χ1v) is 8.50. The molecule has 0 radical (unpaired) electrons. The van der Waals surface area contributed by atoms with Gasteiger partial charge in [0.05, 0.1) is 5.54 Å². The average Bonchev–Trinajstić information content (AvgIpc) is 2.92. The van der Waals surface area contributed by atoms with Gasteiger partial charge in [-0.3, -0.25) is 4.79 Å². The third-order valence-corrected chi connectivity index (χ3v) is 4.83. The molecular weight excluding hydrogens is 321 g/mol. The Morgan fingerprint density at radius 3 is 2.23 bits per heavy atom. The molecule has 3 N–H and O–H groups in total. The average molecular weight is 354 g/mol. The molecule has 22 heavy (non-hydrogen) atoms. The summed E-state index contributed by atoms with van der Waals surface area (Å²) in [5.74, 6) is 0.0750. The molecule has 2 rings (SSSR count). The van der Waals surface area contributed by atoms with Crippen molar-refractivity contribution in [1.82, 2.24) is 10.2 Å². The zero-order valence-electron chi connectivity index (χ0n) is 13.6. The van der Waals surface area contributed by atoms with Crippen LogP contribution >= 0.6 is 24.8 Å². The summed E-state index contributed by atoms with van der Waals surface area (Å²) in [5, 5.41) is 3.03. The molecule has 1 aliphatic heterocycles. The topological polar surface area (TPSA) is 58.4 Å². The minimum absolute atomic E-state index is 0. The predicted octanol–water partition coefficient (Wildman–Crippen LogP) is 2.87. The first kappa shape index (κ1) is 22.0. The van der Waals surface area contributed by atoms with Gasteiger partial charge in [-0.25, -0.2) is 0 Å². The van der Waals surface area contributed by atoms with E-state index in [-0.39, 0.29) is 30.7 Å². The molecule has 4 nitrogen and oxygen atoms in total. The number of piperidine rings is 1. The van der Waals surface area contributed by atoms with E-state index in [0.29, 0.717) is 0 Å².